The van der Waals surface area contributed by atoms with Crippen LogP contribution in [0.4, 0.5) is 15.0 Å². The van der Waals surface area contributed by atoms with E-state index in [-0.39, 0.29) is 11.9 Å². The van der Waals surface area contributed by atoms with Crippen LogP contribution in [0, 0.1) is 5.82 Å². The number of rotatable bonds is 1. The summed E-state index contributed by atoms with van der Waals surface area (Å²) in [7, 11) is 0. The van der Waals surface area contributed by atoms with Gasteiger partial charge < -0.3 is 14.5 Å². The molecule has 25 heavy (non-hydrogen) atoms. The summed E-state index contributed by atoms with van der Waals surface area (Å²) in [6.07, 6.45) is 1.06. The van der Waals surface area contributed by atoms with Crippen LogP contribution in [0.5, 0.6) is 0 Å². The van der Waals surface area contributed by atoms with Crippen LogP contribution < -0.4 is 4.90 Å². The number of piperazine rings is 1. The van der Waals surface area contributed by atoms with E-state index in [1.807, 2.05) is 31.7 Å². The van der Waals surface area contributed by atoms with Crippen molar-refractivity contribution in [1.29, 1.82) is 0 Å². The second kappa shape index (κ2) is 6.74. The van der Waals surface area contributed by atoms with E-state index in [9.17, 15) is 9.18 Å². The van der Waals surface area contributed by atoms with Gasteiger partial charge in [-0.2, -0.15) is 0 Å². The molecular weight excluding hydrogens is 391 g/mol. The zero-order chi connectivity index (χ0) is 18.2. The van der Waals surface area contributed by atoms with E-state index in [0.717, 1.165) is 0 Å². The Labute approximate surface area is 154 Å². The highest BCUT2D eigenvalue weighted by Crippen LogP contribution is 2.29. The van der Waals surface area contributed by atoms with Crippen LogP contribution >= 0.6 is 15.9 Å². The summed E-state index contributed by atoms with van der Waals surface area (Å²) in [6.45, 7) is 7.79. The lowest BCUT2D eigenvalue weighted by Gasteiger charge is -2.36. The third-order valence-electron chi connectivity index (χ3n) is 3.87. The van der Waals surface area contributed by atoms with E-state index in [1.54, 1.807) is 4.90 Å². The van der Waals surface area contributed by atoms with Crippen molar-refractivity contribution in [2.75, 3.05) is 31.1 Å². The van der Waals surface area contributed by atoms with Crippen molar-refractivity contribution in [2.24, 2.45) is 0 Å². The summed E-state index contributed by atoms with van der Waals surface area (Å²) in [5.41, 5.74) is -0.219. The van der Waals surface area contributed by atoms with Crippen molar-refractivity contribution >= 4 is 38.7 Å². The molecule has 1 aromatic carbocycles. The molecule has 0 atom stereocenters. The molecule has 0 aliphatic carbocycles. The number of carbonyl (C=O) groups excluding carboxylic acids is 1. The molecule has 0 unspecified atom stereocenters. The maximum Gasteiger partial charge on any atom is 0.410 e. The number of carbonyl (C=O) groups is 1. The van der Waals surface area contributed by atoms with Crippen molar-refractivity contribution in [2.45, 2.75) is 26.4 Å². The summed E-state index contributed by atoms with van der Waals surface area (Å²) in [6, 6.07) is 3.20. The van der Waals surface area contributed by atoms with Gasteiger partial charge in [-0.1, -0.05) is 15.9 Å². The number of benzene rings is 1. The first-order chi connectivity index (χ1) is 11.7. The molecule has 1 fully saturated rings. The minimum Gasteiger partial charge on any atom is -0.444 e. The molecular formula is C17H20BrFN4O2. The van der Waals surface area contributed by atoms with E-state index >= 15 is 0 Å². The lowest BCUT2D eigenvalue weighted by atomic mass is 10.2. The molecule has 8 heteroatoms. The van der Waals surface area contributed by atoms with Crippen molar-refractivity contribution in [1.82, 2.24) is 14.9 Å². The highest BCUT2D eigenvalue weighted by atomic mass is 79.9. The number of fused-ring (bicyclic) bond motifs is 1. The van der Waals surface area contributed by atoms with Crippen molar-refractivity contribution < 1.29 is 13.9 Å². The first kappa shape index (κ1) is 17.8. The lowest BCUT2D eigenvalue weighted by molar-refractivity contribution is 0.0240. The van der Waals surface area contributed by atoms with Gasteiger partial charge in [0.25, 0.3) is 0 Å². The van der Waals surface area contributed by atoms with E-state index in [0.29, 0.717) is 47.4 Å². The number of anilines is 1. The molecule has 1 aromatic heterocycles. The van der Waals surface area contributed by atoms with E-state index in [1.165, 1.54) is 12.4 Å². The summed E-state index contributed by atoms with van der Waals surface area (Å²) in [5.74, 6) is 0.287. The van der Waals surface area contributed by atoms with E-state index in [4.69, 9.17) is 4.74 Å². The summed E-state index contributed by atoms with van der Waals surface area (Å²) in [5, 5.41) is 0.653. The smallest absolute Gasteiger partial charge is 0.410 e. The van der Waals surface area contributed by atoms with Gasteiger partial charge in [-0.3, -0.25) is 0 Å². The van der Waals surface area contributed by atoms with Gasteiger partial charge in [0, 0.05) is 36.0 Å². The molecule has 3 rings (SSSR count). The van der Waals surface area contributed by atoms with Gasteiger partial charge in [-0.05, 0) is 32.9 Å². The van der Waals surface area contributed by atoms with Crippen LogP contribution in [-0.4, -0.2) is 52.7 Å². The van der Waals surface area contributed by atoms with Crippen molar-refractivity contribution in [3.8, 4) is 0 Å². The molecule has 2 heterocycles. The number of nitrogens with zero attached hydrogens (tertiary/aromatic N) is 4. The summed E-state index contributed by atoms with van der Waals surface area (Å²) < 4.78 is 20.2. The van der Waals surface area contributed by atoms with Crippen LogP contribution in [0.25, 0.3) is 10.9 Å². The predicted molar refractivity (Wildman–Crippen MR) is 97.2 cm³/mol. The van der Waals surface area contributed by atoms with Gasteiger partial charge in [0.2, 0.25) is 0 Å². The van der Waals surface area contributed by atoms with Crippen LogP contribution in [-0.2, 0) is 4.74 Å². The van der Waals surface area contributed by atoms with Gasteiger partial charge in [0.15, 0.2) is 5.82 Å². The van der Waals surface area contributed by atoms with Gasteiger partial charge in [-0.15, -0.1) is 0 Å². The van der Waals surface area contributed by atoms with Gasteiger partial charge >= 0.3 is 6.09 Å². The molecule has 1 saturated heterocycles. The lowest BCUT2D eigenvalue weighted by Crippen LogP contribution is -2.50. The standard InChI is InChI=1S/C17H20BrFN4O2/c1-17(2,3)25-16(24)23-6-4-22(5-7-23)15-12-8-11(18)9-13(19)14(12)20-10-21-15/h8-10H,4-7H2,1-3H3. The fourth-order valence-corrected chi connectivity index (χ4v) is 3.19. The van der Waals surface area contributed by atoms with Crippen LogP contribution in [0.2, 0.25) is 0 Å². The zero-order valence-corrected chi connectivity index (χ0v) is 16.0. The molecule has 6 nitrogen and oxygen atoms in total. The quantitative estimate of drug-likeness (QED) is 0.718. The first-order valence-corrected chi connectivity index (χ1v) is 8.86. The molecule has 134 valence electrons. The molecule has 1 amide bonds. The summed E-state index contributed by atoms with van der Waals surface area (Å²) >= 11 is 3.31. The van der Waals surface area contributed by atoms with Crippen molar-refractivity contribution in [3.63, 3.8) is 0 Å². The number of hydrogen-bond acceptors (Lipinski definition) is 5. The van der Waals surface area contributed by atoms with Gasteiger partial charge in [0.1, 0.15) is 23.3 Å². The SMILES string of the molecule is CC(C)(C)OC(=O)N1CCN(c2ncnc3c(F)cc(Br)cc23)CC1. The molecule has 0 bridgehead atoms. The Morgan fingerprint density at radius 3 is 2.52 bits per heavy atom. The molecule has 1 aliphatic rings. The van der Waals surface area contributed by atoms with E-state index in [2.05, 4.69) is 25.9 Å². The molecule has 1 aliphatic heterocycles. The maximum absolute atomic E-state index is 14.1. The predicted octanol–water partition coefficient (Wildman–Crippen LogP) is 3.59. The third kappa shape index (κ3) is 4.00. The monoisotopic (exact) mass is 410 g/mol. The van der Waals surface area contributed by atoms with Crippen molar-refractivity contribution in [3.05, 3.63) is 28.7 Å². The number of halogens is 2. The van der Waals surface area contributed by atoms with E-state index < -0.39 is 5.60 Å². The maximum atomic E-state index is 14.1. The number of amides is 1. The Balaban J connectivity index is 1.78. The van der Waals surface area contributed by atoms with Crippen LogP contribution in [0.3, 0.4) is 0 Å². The zero-order valence-electron chi connectivity index (χ0n) is 14.4. The van der Waals surface area contributed by atoms with Crippen LogP contribution in [0.15, 0.2) is 22.9 Å². The number of aromatic nitrogens is 2. The highest BCUT2D eigenvalue weighted by molar-refractivity contribution is 9.10. The molecule has 2 aromatic rings. The fraction of sp³-hybridized carbons (Fsp3) is 0.471. The molecule has 0 saturated carbocycles. The second-order valence-electron chi connectivity index (χ2n) is 6.94. The minimum absolute atomic E-state index is 0.294. The molecule has 0 spiro atoms. The Hall–Kier alpha value is -1.96. The Kier molecular flexibility index (Phi) is 4.81. The Morgan fingerprint density at radius 2 is 1.88 bits per heavy atom. The Morgan fingerprint density at radius 1 is 1.20 bits per heavy atom. The highest BCUT2D eigenvalue weighted by Gasteiger charge is 2.27. The molecule has 0 radical (unpaired) electrons. The molecule has 0 N–H and O–H groups in total. The van der Waals surface area contributed by atoms with Gasteiger partial charge in [-0.25, -0.2) is 19.2 Å². The second-order valence-corrected chi connectivity index (χ2v) is 7.85. The fourth-order valence-electron chi connectivity index (χ4n) is 2.76. The van der Waals surface area contributed by atoms with Gasteiger partial charge in [0.05, 0.1) is 0 Å². The topological polar surface area (TPSA) is 58.6 Å². The average molecular weight is 411 g/mol. The third-order valence-corrected chi connectivity index (χ3v) is 4.32. The normalized spacial score (nSPS) is 15.6. The Bertz CT molecular complexity index is 801. The largest absolute Gasteiger partial charge is 0.444 e. The first-order valence-electron chi connectivity index (χ1n) is 8.07. The number of ether oxygens (including phenoxy) is 1. The average Bonchev–Trinajstić information content (AvgIpc) is 2.53. The summed E-state index contributed by atoms with van der Waals surface area (Å²) in [4.78, 5) is 24.3. The minimum atomic E-state index is -0.513. The van der Waals surface area contributed by atoms with Crippen LogP contribution in [0.1, 0.15) is 20.8 Å². The number of hydrogen-bond donors (Lipinski definition) is 0.